The van der Waals surface area contributed by atoms with E-state index in [0.717, 1.165) is 4.90 Å². The van der Waals surface area contributed by atoms with E-state index in [1.54, 1.807) is 11.0 Å². The Morgan fingerprint density at radius 3 is 2.68 bits per heavy atom. The highest BCUT2D eigenvalue weighted by atomic mass is 35.5. The predicted octanol–water partition coefficient (Wildman–Crippen LogP) is 2.86. The maximum atomic E-state index is 12.7. The number of sulfone groups is 1. The van der Waals surface area contributed by atoms with E-state index < -0.39 is 9.84 Å². The van der Waals surface area contributed by atoms with Crippen LogP contribution in [0.2, 0.25) is 5.02 Å². The highest BCUT2D eigenvalue weighted by molar-refractivity contribution is 8.00. The first-order valence-corrected chi connectivity index (χ1v) is 10.3. The molecule has 0 N–H and O–H groups in total. The first-order valence-electron chi connectivity index (χ1n) is 7.26. The fraction of sp³-hybridized carbons (Fsp3) is 0.533. The van der Waals surface area contributed by atoms with Gasteiger partial charge in [-0.15, -0.1) is 11.8 Å². The maximum Gasteiger partial charge on any atom is 0.236 e. The van der Waals surface area contributed by atoms with Crippen molar-refractivity contribution in [3.8, 4) is 0 Å². The minimum atomic E-state index is -3.00. The molecule has 0 spiro atoms. The second-order valence-corrected chi connectivity index (χ2v) is 9.39. The molecule has 1 fully saturated rings. The number of rotatable bonds is 5. The van der Waals surface area contributed by atoms with Crippen LogP contribution < -0.4 is 0 Å². The number of hydrogen-bond acceptors (Lipinski definition) is 4. The molecule has 1 heterocycles. The zero-order valence-corrected chi connectivity index (χ0v) is 15.0. The average Bonchev–Trinajstić information content (AvgIpc) is 2.82. The lowest BCUT2D eigenvalue weighted by atomic mass is 10.2. The van der Waals surface area contributed by atoms with Crippen LogP contribution in [0.1, 0.15) is 20.3 Å². The van der Waals surface area contributed by atoms with Crippen molar-refractivity contribution >= 4 is 39.1 Å². The number of thioether (sulfide) groups is 1. The molecule has 0 radical (unpaired) electrons. The van der Waals surface area contributed by atoms with Gasteiger partial charge in [0.05, 0.1) is 21.8 Å². The summed E-state index contributed by atoms with van der Waals surface area (Å²) < 4.78 is 23.3. The smallest absolute Gasteiger partial charge is 0.236 e. The molecule has 1 saturated heterocycles. The van der Waals surface area contributed by atoms with Crippen molar-refractivity contribution in [1.29, 1.82) is 0 Å². The zero-order chi connectivity index (χ0) is 16.3. The first kappa shape index (κ1) is 17.6. The monoisotopic (exact) mass is 361 g/mol. The highest BCUT2D eigenvalue weighted by Crippen LogP contribution is 2.31. The van der Waals surface area contributed by atoms with E-state index in [1.807, 2.05) is 32.0 Å². The Hall–Kier alpha value is -0.720. The second kappa shape index (κ2) is 7.23. The Bertz CT molecular complexity index is 648. The lowest BCUT2D eigenvalue weighted by Gasteiger charge is -2.29. The zero-order valence-electron chi connectivity index (χ0n) is 12.7. The van der Waals surface area contributed by atoms with Crippen LogP contribution in [0.5, 0.6) is 0 Å². The maximum absolute atomic E-state index is 12.7. The van der Waals surface area contributed by atoms with E-state index >= 15 is 0 Å². The van der Waals surface area contributed by atoms with Crippen LogP contribution in [0.15, 0.2) is 29.2 Å². The third-order valence-electron chi connectivity index (χ3n) is 3.76. The fourth-order valence-corrected chi connectivity index (χ4v) is 5.58. The Morgan fingerprint density at radius 2 is 2.14 bits per heavy atom. The minimum absolute atomic E-state index is 0.0329. The summed E-state index contributed by atoms with van der Waals surface area (Å²) in [6.45, 7) is 4.24. The molecule has 2 unspecified atom stereocenters. The van der Waals surface area contributed by atoms with Crippen LogP contribution in [0.3, 0.4) is 0 Å². The molecular formula is C15H20ClNO3S2. The molecule has 7 heteroatoms. The topological polar surface area (TPSA) is 54.5 Å². The van der Waals surface area contributed by atoms with Crippen molar-refractivity contribution in [1.82, 2.24) is 4.90 Å². The minimum Gasteiger partial charge on any atom is -0.338 e. The molecule has 1 aromatic carbocycles. The normalized spacial score (nSPS) is 21.5. The molecule has 0 saturated carbocycles. The summed E-state index contributed by atoms with van der Waals surface area (Å²) in [4.78, 5) is 15.2. The number of nitrogens with zero attached hydrogens (tertiary/aromatic N) is 1. The van der Waals surface area contributed by atoms with Gasteiger partial charge in [0.25, 0.3) is 0 Å². The van der Waals surface area contributed by atoms with Gasteiger partial charge in [0.2, 0.25) is 5.91 Å². The molecule has 2 atom stereocenters. The number of benzene rings is 1. The van der Waals surface area contributed by atoms with Crippen LogP contribution in [0, 0.1) is 0 Å². The predicted molar refractivity (Wildman–Crippen MR) is 91.2 cm³/mol. The van der Waals surface area contributed by atoms with Gasteiger partial charge in [-0.2, -0.15) is 0 Å². The van der Waals surface area contributed by atoms with E-state index in [0.29, 0.717) is 18.0 Å². The number of halogens is 1. The van der Waals surface area contributed by atoms with Crippen molar-refractivity contribution in [3.05, 3.63) is 29.3 Å². The van der Waals surface area contributed by atoms with Crippen LogP contribution in [0.25, 0.3) is 0 Å². The molecule has 1 aliphatic heterocycles. The highest BCUT2D eigenvalue weighted by Gasteiger charge is 2.35. The van der Waals surface area contributed by atoms with Gasteiger partial charge in [-0.1, -0.05) is 23.7 Å². The third-order valence-corrected chi connectivity index (χ3v) is 7.12. The van der Waals surface area contributed by atoms with Crippen molar-refractivity contribution < 1.29 is 13.2 Å². The van der Waals surface area contributed by atoms with E-state index in [-0.39, 0.29) is 28.7 Å². The molecule has 1 aromatic rings. The summed E-state index contributed by atoms with van der Waals surface area (Å²) in [5.41, 5.74) is 0. The number of amides is 1. The number of hydrogen-bond donors (Lipinski definition) is 0. The summed E-state index contributed by atoms with van der Waals surface area (Å²) >= 11 is 7.53. The summed E-state index contributed by atoms with van der Waals surface area (Å²) in [6.07, 6.45) is 0.533. The first-order chi connectivity index (χ1) is 10.3. The van der Waals surface area contributed by atoms with Gasteiger partial charge in [0.1, 0.15) is 0 Å². The van der Waals surface area contributed by atoms with Gasteiger partial charge < -0.3 is 4.90 Å². The lowest BCUT2D eigenvalue weighted by molar-refractivity contribution is -0.131. The summed E-state index contributed by atoms with van der Waals surface area (Å²) in [5.74, 6) is 0.221. The van der Waals surface area contributed by atoms with E-state index in [4.69, 9.17) is 11.6 Å². The van der Waals surface area contributed by atoms with Gasteiger partial charge in [-0.05, 0) is 32.4 Å². The molecular weight excluding hydrogens is 342 g/mol. The Balaban J connectivity index is 2.07. The van der Waals surface area contributed by atoms with E-state index in [9.17, 15) is 13.2 Å². The van der Waals surface area contributed by atoms with Gasteiger partial charge in [-0.3, -0.25) is 4.79 Å². The van der Waals surface area contributed by atoms with Gasteiger partial charge in [0, 0.05) is 17.5 Å². The van der Waals surface area contributed by atoms with Crippen molar-refractivity contribution in [2.75, 3.05) is 18.1 Å². The molecule has 22 heavy (non-hydrogen) atoms. The van der Waals surface area contributed by atoms with E-state index in [1.165, 1.54) is 11.8 Å². The Labute approximate surface area is 141 Å². The quantitative estimate of drug-likeness (QED) is 0.757. The van der Waals surface area contributed by atoms with Crippen LogP contribution in [-0.4, -0.2) is 48.6 Å². The molecule has 122 valence electrons. The van der Waals surface area contributed by atoms with Crippen molar-refractivity contribution in [2.45, 2.75) is 36.5 Å². The lowest BCUT2D eigenvalue weighted by Crippen LogP contribution is -2.44. The molecule has 2 rings (SSSR count). The third kappa shape index (κ3) is 4.18. The van der Waals surface area contributed by atoms with Gasteiger partial charge in [-0.25, -0.2) is 8.42 Å². The average molecular weight is 362 g/mol. The standard InChI is InChI=1S/C15H20ClNO3S2/c1-3-17(12-8-9-22(19,20)10-12)15(18)11(2)21-14-7-5-4-6-13(14)16/h4-7,11-12H,3,8-10H2,1-2H3. The van der Waals surface area contributed by atoms with Crippen molar-refractivity contribution in [2.24, 2.45) is 0 Å². The molecule has 0 bridgehead atoms. The van der Waals surface area contributed by atoms with Crippen molar-refractivity contribution in [3.63, 3.8) is 0 Å². The fourth-order valence-electron chi connectivity index (χ4n) is 2.63. The molecule has 1 amide bonds. The largest absolute Gasteiger partial charge is 0.338 e. The van der Waals surface area contributed by atoms with Gasteiger partial charge in [0.15, 0.2) is 9.84 Å². The molecule has 0 aromatic heterocycles. The molecule has 4 nitrogen and oxygen atoms in total. The summed E-state index contributed by atoms with van der Waals surface area (Å²) in [6, 6.07) is 7.21. The molecule has 0 aliphatic carbocycles. The Kier molecular flexibility index (Phi) is 5.80. The summed E-state index contributed by atoms with van der Waals surface area (Å²) in [5, 5.41) is 0.321. The van der Waals surface area contributed by atoms with Crippen LogP contribution in [0.4, 0.5) is 0 Å². The number of carbonyl (C=O) groups is 1. The van der Waals surface area contributed by atoms with Crippen LogP contribution in [-0.2, 0) is 14.6 Å². The molecule has 1 aliphatic rings. The Morgan fingerprint density at radius 1 is 1.45 bits per heavy atom. The van der Waals surface area contributed by atoms with Crippen LogP contribution >= 0.6 is 23.4 Å². The second-order valence-electron chi connectivity index (χ2n) is 5.37. The van der Waals surface area contributed by atoms with E-state index in [2.05, 4.69) is 0 Å². The van der Waals surface area contributed by atoms with Gasteiger partial charge >= 0.3 is 0 Å². The summed E-state index contributed by atoms with van der Waals surface area (Å²) in [7, 11) is -3.00. The SMILES string of the molecule is CCN(C(=O)C(C)Sc1ccccc1Cl)C1CCS(=O)(=O)C1. The number of carbonyl (C=O) groups excluding carboxylic acids is 1.